The Hall–Kier alpha value is -2.67. The Bertz CT molecular complexity index is 871. The van der Waals surface area contributed by atoms with Gasteiger partial charge in [0.05, 0.1) is 5.56 Å². The molecule has 0 fully saturated rings. The molecule has 1 aromatic heterocycles. The van der Waals surface area contributed by atoms with Crippen LogP contribution in [-0.4, -0.2) is 24.4 Å². The summed E-state index contributed by atoms with van der Waals surface area (Å²) < 4.78 is 5.14. The Morgan fingerprint density at radius 2 is 1.73 bits per heavy atom. The first-order chi connectivity index (χ1) is 12.2. The van der Waals surface area contributed by atoms with Crippen LogP contribution < -0.4 is 10.6 Å². The number of esters is 1. The SMILES string of the molecule is CC(=O)Nc1sc(C)c(C)c1C(=O)OCC(=O)Nc1ccc(C)c(C)c1. The second-order valence-electron chi connectivity index (χ2n) is 6.09. The molecule has 0 saturated heterocycles. The summed E-state index contributed by atoms with van der Waals surface area (Å²) in [6, 6.07) is 5.56. The number of ether oxygens (including phenoxy) is 1. The summed E-state index contributed by atoms with van der Waals surface area (Å²) in [6.07, 6.45) is 0. The van der Waals surface area contributed by atoms with Crippen molar-refractivity contribution in [1.82, 2.24) is 0 Å². The number of thiophene rings is 1. The van der Waals surface area contributed by atoms with E-state index >= 15 is 0 Å². The Balaban J connectivity index is 2.03. The molecule has 0 bridgehead atoms. The highest BCUT2D eigenvalue weighted by atomic mass is 32.1. The fourth-order valence-corrected chi connectivity index (χ4v) is 3.43. The molecule has 7 heteroatoms. The van der Waals surface area contributed by atoms with Crippen molar-refractivity contribution in [1.29, 1.82) is 0 Å². The molecule has 0 spiro atoms. The average Bonchev–Trinajstić information content (AvgIpc) is 2.82. The Kier molecular flexibility index (Phi) is 6.15. The van der Waals surface area contributed by atoms with Crippen LogP contribution >= 0.6 is 11.3 Å². The van der Waals surface area contributed by atoms with E-state index < -0.39 is 18.5 Å². The summed E-state index contributed by atoms with van der Waals surface area (Å²) in [7, 11) is 0. The van der Waals surface area contributed by atoms with E-state index in [1.807, 2.05) is 32.9 Å². The van der Waals surface area contributed by atoms with E-state index in [-0.39, 0.29) is 5.91 Å². The fourth-order valence-electron chi connectivity index (χ4n) is 2.34. The number of benzene rings is 1. The summed E-state index contributed by atoms with van der Waals surface area (Å²) in [5.41, 5.74) is 3.86. The molecule has 138 valence electrons. The van der Waals surface area contributed by atoms with E-state index in [0.29, 0.717) is 16.3 Å². The van der Waals surface area contributed by atoms with Gasteiger partial charge in [0, 0.05) is 17.5 Å². The molecule has 0 atom stereocenters. The number of nitrogens with one attached hydrogen (secondary N) is 2. The standard InChI is InChI=1S/C19H22N2O4S/c1-10-6-7-15(8-11(10)2)21-16(23)9-25-19(24)17-12(3)13(4)26-18(17)20-14(5)22/h6-8H,9H2,1-5H3,(H,20,22)(H,21,23). The average molecular weight is 374 g/mol. The summed E-state index contributed by atoms with van der Waals surface area (Å²) in [6.45, 7) is 8.55. The lowest BCUT2D eigenvalue weighted by atomic mass is 10.1. The van der Waals surface area contributed by atoms with Crippen LogP contribution in [0.2, 0.25) is 0 Å². The molecular weight excluding hydrogens is 352 g/mol. The van der Waals surface area contributed by atoms with Gasteiger partial charge in [-0.05, 0) is 56.5 Å². The van der Waals surface area contributed by atoms with Gasteiger partial charge >= 0.3 is 5.97 Å². The lowest BCUT2D eigenvalue weighted by molar-refractivity contribution is -0.119. The van der Waals surface area contributed by atoms with Crippen molar-refractivity contribution >= 4 is 39.8 Å². The number of hydrogen-bond donors (Lipinski definition) is 2. The lowest BCUT2D eigenvalue weighted by Crippen LogP contribution is -2.21. The van der Waals surface area contributed by atoms with Gasteiger partial charge in [0.15, 0.2) is 6.61 Å². The molecule has 1 aromatic carbocycles. The fraction of sp³-hybridized carbons (Fsp3) is 0.316. The number of amides is 2. The third-order valence-electron chi connectivity index (χ3n) is 4.00. The van der Waals surface area contributed by atoms with Crippen LogP contribution in [-0.2, 0) is 14.3 Å². The highest BCUT2D eigenvalue weighted by Crippen LogP contribution is 2.33. The van der Waals surface area contributed by atoms with Gasteiger partial charge in [0.1, 0.15) is 5.00 Å². The predicted molar refractivity (Wildman–Crippen MR) is 103 cm³/mol. The molecule has 0 aliphatic heterocycles. The van der Waals surface area contributed by atoms with Crippen LogP contribution in [0, 0.1) is 27.7 Å². The highest BCUT2D eigenvalue weighted by molar-refractivity contribution is 7.16. The zero-order valence-corrected chi connectivity index (χ0v) is 16.3. The van der Waals surface area contributed by atoms with Gasteiger partial charge in [-0.2, -0.15) is 0 Å². The zero-order chi connectivity index (χ0) is 19.4. The molecule has 0 radical (unpaired) electrons. The minimum Gasteiger partial charge on any atom is -0.452 e. The van der Waals surface area contributed by atoms with Crippen molar-refractivity contribution in [3.05, 3.63) is 45.3 Å². The van der Waals surface area contributed by atoms with Crippen LogP contribution in [0.15, 0.2) is 18.2 Å². The van der Waals surface area contributed by atoms with Crippen LogP contribution in [0.1, 0.15) is 38.8 Å². The van der Waals surface area contributed by atoms with Crippen molar-refractivity contribution in [2.24, 2.45) is 0 Å². The van der Waals surface area contributed by atoms with Crippen LogP contribution in [0.25, 0.3) is 0 Å². The molecule has 2 rings (SSSR count). The van der Waals surface area contributed by atoms with Gasteiger partial charge in [-0.1, -0.05) is 6.07 Å². The van der Waals surface area contributed by atoms with Crippen LogP contribution in [0.5, 0.6) is 0 Å². The number of carbonyl (C=O) groups excluding carboxylic acids is 3. The number of aryl methyl sites for hydroxylation is 3. The van der Waals surface area contributed by atoms with Crippen molar-refractivity contribution in [2.75, 3.05) is 17.2 Å². The van der Waals surface area contributed by atoms with E-state index in [4.69, 9.17) is 4.74 Å². The van der Waals surface area contributed by atoms with Crippen molar-refractivity contribution in [3.8, 4) is 0 Å². The number of anilines is 2. The maximum absolute atomic E-state index is 12.4. The van der Waals surface area contributed by atoms with Gasteiger partial charge in [0.2, 0.25) is 5.91 Å². The molecule has 2 amide bonds. The Morgan fingerprint density at radius 1 is 1.04 bits per heavy atom. The van der Waals surface area contributed by atoms with Gasteiger partial charge in [0.25, 0.3) is 5.91 Å². The third kappa shape index (κ3) is 4.70. The van der Waals surface area contributed by atoms with Crippen molar-refractivity contribution in [3.63, 3.8) is 0 Å². The van der Waals surface area contributed by atoms with E-state index in [9.17, 15) is 14.4 Å². The summed E-state index contributed by atoms with van der Waals surface area (Å²) in [4.78, 5) is 36.6. The minimum absolute atomic E-state index is 0.271. The topological polar surface area (TPSA) is 84.5 Å². The third-order valence-corrected chi connectivity index (χ3v) is 5.13. The van der Waals surface area contributed by atoms with E-state index in [2.05, 4.69) is 10.6 Å². The molecule has 2 N–H and O–H groups in total. The lowest BCUT2D eigenvalue weighted by Gasteiger charge is -2.09. The van der Waals surface area contributed by atoms with Gasteiger partial charge in [-0.15, -0.1) is 11.3 Å². The maximum Gasteiger partial charge on any atom is 0.341 e. The van der Waals surface area contributed by atoms with Crippen molar-refractivity contribution in [2.45, 2.75) is 34.6 Å². The molecule has 0 unspecified atom stereocenters. The first-order valence-corrected chi connectivity index (χ1v) is 8.92. The first kappa shape index (κ1) is 19.7. The second-order valence-corrected chi connectivity index (χ2v) is 7.32. The second kappa shape index (κ2) is 8.14. The summed E-state index contributed by atoms with van der Waals surface area (Å²) in [5, 5.41) is 5.77. The maximum atomic E-state index is 12.4. The highest BCUT2D eigenvalue weighted by Gasteiger charge is 2.22. The summed E-state index contributed by atoms with van der Waals surface area (Å²) >= 11 is 1.30. The summed E-state index contributed by atoms with van der Waals surface area (Å²) in [5.74, 6) is -1.33. The minimum atomic E-state index is -0.633. The Morgan fingerprint density at radius 3 is 2.35 bits per heavy atom. The number of hydrogen-bond acceptors (Lipinski definition) is 5. The normalized spacial score (nSPS) is 10.3. The first-order valence-electron chi connectivity index (χ1n) is 8.11. The molecule has 2 aromatic rings. The van der Waals surface area contributed by atoms with E-state index in [1.54, 1.807) is 13.0 Å². The Labute approximate surface area is 156 Å². The molecule has 0 aliphatic carbocycles. The quantitative estimate of drug-likeness (QED) is 0.781. The largest absolute Gasteiger partial charge is 0.452 e. The van der Waals surface area contributed by atoms with Crippen LogP contribution in [0.4, 0.5) is 10.7 Å². The van der Waals surface area contributed by atoms with Gasteiger partial charge < -0.3 is 15.4 Å². The number of carbonyl (C=O) groups is 3. The van der Waals surface area contributed by atoms with Gasteiger partial charge in [-0.25, -0.2) is 4.79 Å². The molecule has 0 aliphatic rings. The predicted octanol–water partition coefficient (Wildman–Crippen LogP) is 3.74. The van der Waals surface area contributed by atoms with Crippen LogP contribution in [0.3, 0.4) is 0 Å². The number of rotatable bonds is 5. The molecule has 1 heterocycles. The molecule has 26 heavy (non-hydrogen) atoms. The van der Waals surface area contributed by atoms with E-state index in [1.165, 1.54) is 18.3 Å². The molecule has 6 nitrogen and oxygen atoms in total. The zero-order valence-electron chi connectivity index (χ0n) is 15.5. The van der Waals surface area contributed by atoms with Crippen molar-refractivity contribution < 1.29 is 19.1 Å². The van der Waals surface area contributed by atoms with E-state index in [0.717, 1.165) is 21.6 Å². The monoisotopic (exact) mass is 374 g/mol. The molecular formula is C19H22N2O4S. The smallest absolute Gasteiger partial charge is 0.341 e. The molecule has 0 saturated carbocycles. The van der Waals surface area contributed by atoms with Gasteiger partial charge in [-0.3, -0.25) is 9.59 Å².